The van der Waals surface area contributed by atoms with Crippen molar-refractivity contribution in [3.63, 3.8) is 0 Å². The standard InChI is InChI=1S/C22H29N3O4/c1-16(14-27-3)29-20-12-18(22(26)25-21(23)9-10-24-2)11-19(13-20)28-15-17-7-5-4-6-8-17/h4-13,16,21,24H,14-15,23H2,1-3H3,(H,25,26)/b10-9-/t16-,21?/m0/s1. The normalized spacial score (nSPS) is 13.0. The lowest BCUT2D eigenvalue weighted by atomic mass is 10.1. The van der Waals surface area contributed by atoms with Gasteiger partial charge in [-0.3, -0.25) is 4.79 Å². The first-order valence-electron chi connectivity index (χ1n) is 9.39. The maximum Gasteiger partial charge on any atom is 0.253 e. The Hall–Kier alpha value is -3.03. The maximum atomic E-state index is 12.6. The molecule has 0 aliphatic carbocycles. The molecular formula is C22H29N3O4. The van der Waals surface area contributed by atoms with E-state index in [2.05, 4.69) is 10.6 Å². The Kier molecular flexibility index (Phi) is 9.01. The monoisotopic (exact) mass is 399 g/mol. The maximum absolute atomic E-state index is 12.6. The lowest BCUT2D eigenvalue weighted by Gasteiger charge is -2.17. The van der Waals surface area contributed by atoms with Crippen LogP contribution in [-0.4, -0.2) is 38.9 Å². The number of methoxy groups -OCH3 is 1. The van der Waals surface area contributed by atoms with Crippen molar-refractivity contribution in [3.05, 3.63) is 71.9 Å². The average Bonchev–Trinajstić information content (AvgIpc) is 2.71. The number of carbonyl (C=O) groups excluding carboxylic acids is 1. The molecule has 2 rings (SSSR count). The molecule has 1 unspecified atom stereocenters. The highest BCUT2D eigenvalue weighted by Crippen LogP contribution is 2.25. The Bertz CT molecular complexity index is 796. The molecule has 0 aliphatic rings. The van der Waals surface area contributed by atoms with Crippen molar-refractivity contribution < 1.29 is 19.0 Å². The van der Waals surface area contributed by atoms with E-state index < -0.39 is 6.17 Å². The summed E-state index contributed by atoms with van der Waals surface area (Å²) in [5.41, 5.74) is 7.31. The number of carbonyl (C=O) groups is 1. The molecule has 0 fully saturated rings. The zero-order valence-corrected chi connectivity index (χ0v) is 17.1. The fourth-order valence-corrected chi connectivity index (χ4v) is 2.58. The fourth-order valence-electron chi connectivity index (χ4n) is 2.58. The van der Waals surface area contributed by atoms with Gasteiger partial charge in [-0.15, -0.1) is 0 Å². The van der Waals surface area contributed by atoms with E-state index in [-0.39, 0.29) is 12.0 Å². The third-order valence-electron chi connectivity index (χ3n) is 3.90. The summed E-state index contributed by atoms with van der Waals surface area (Å²) in [6.45, 7) is 2.69. The molecule has 2 aromatic rings. The van der Waals surface area contributed by atoms with E-state index in [1.54, 1.807) is 44.6 Å². The van der Waals surface area contributed by atoms with Crippen LogP contribution in [0.1, 0.15) is 22.8 Å². The third kappa shape index (κ3) is 7.85. The van der Waals surface area contributed by atoms with E-state index in [0.29, 0.717) is 30.3 Å². The summed E-state index contributed by atoms with van der Waals surface area (Å²) in [5, 5.41) is 5.55. The summed E-state index contributed by atoms with van der Waals surface area (Å²) in [5.74, 6) is 0.720. The summed E-state index contributed by atoms with van der Waals surface area (Å²) in [6, 6.07) is 14.9. The van der Waals surface area contributed by atoms with Gasteiger partial charge in [0.25, 0.3) is 5.91 Å². The molecule has 0 heterocycles. The Balaban J connectivity index is 2.18. The second-order valence-corrected chi connectivity index (χ2v) is 6.50. The Morgan fingerprint density at radius 2 is 1.90 bits per heavy atom. The van der Waals surface area contributed by atoms with Gasteiger partial charge in [0.15, 0.2) is 0 Å². The Labute approximate surface area is 171 Å². The van der Waals surface area contributed by atoms with Crippen molar-refractivity contribution in [3.8, 4) is 11.5 Å². The first-order chi connectivity index (χ1) is 14.0. The smallest absolute Gasteiger partial charge is 0.253 e. The van der Waals surface area contributed by atoms with Crippen LogP contribution in [0.5, 0.6) is 11.5 Å². The summed E-state index contributed by atoms with van der Waals surface area (Å²) < 4.78 is 16.9. The molecule has 2 atom stereocenters. The molecule has 4 N–H and O–H groups in total. The van der Waals surface area contributed by atoms with Gasteiger partial charge in [-0.25, -0.2) is 0 Å². The van der Waals surface area contributed by atoms with E-state index in [0.717, 1.165) is 5.56 Å². The molecule has 0 aromatic heterocycles. The molecule has 0 bridgehead atoms. The molecule has 2 aromatic carbocycles. The minimum Gasteiger partial charge on any atom is -0.489 e. The van der Waals surface area contributed by atoms with Crippen molar-refractivity contribution in [2.45, 2.75) is 25.8 Å². The number of nitrogens with two attached hydrogens (primary N) is 1. The largest absolute Gasteiger partial charge is 0.489 e. The molecular weight excluding hydrogens is 370 g/mol. The average molecular weight is 399 g/mol. The number of rotatable bonds is 11. The molecule has 7 heteroatoms. The molecule has 7 nitrogen and oxygen atoms in total. The lowest BCUT2D eigenvalue weighted by Crippen LogP contribution is -2.40. The van der Waals surface area contributed by atoms with Gasteiger partial charge < -0.3 is 30.6 Å². The predicted molar refractivity (Wildman–Crippen MR) is 113 cm³/mol. The highest BCUT2D eigenvalue weighted by Gasteiger charge is 2.14. The van der Waals surface area contributed by atoms with Crippen LogP contribution in [0.4, 0.5) is 0 Å². The quantitative estimate of drug-likeness (QED) is 0.503. The second kappa shape index (κ2) is 11.7. The minimum absolute atomic E-state index is 0.180. The van der Waals surface area contributed by atoms with Crippen molar-refractivity contribution >= 4 is 5.91 Å². The van der Waals surface area contributed by atoms with Crippen LogP contribution < -0.4 is 25.8 Å². The highest BCUT2D eigenvalue weighted by molar-refractivity contribution is 5.95. The van der Waals surface area contributed by atoms with Crippen LogP contribution in [0.25, 0.3) is 0 Å². The van der Waals surface area contributed by atoms with Crippen LogP contribution in [-0.2, 0) is 11.3 Å². The minimum atomic E-state index is -0.624. The number of hydrogen-bond donors (Lipinski definition) is 3. The summed E-state index contributed by atoms with van der Waals surface area (Å²) >= 11 is 0. The van der Waals surface area contributed by atoms with E-state index in [9.17, 15) is 4.79 Å². The number of nitrogens with one attached hydrogen (secondary N) is 2. The number of amides is 1. The highest BCUT2D eigenvalue weighted by atomic mass is 16.5. The van der Waals surface area contributed by atoms with Gasteiger partial charge >= 0.3 is 0 Å². The van der Waals surface area contributed by atoms with E-state index in [1.165, 1.54) is 0 Å². The van der Waals surface area contributed by atoms with Gasteiger partial charge in [-0.1, -0.05) is 30.3 Å². The number of hydrogen-bond acceptors (Lipinski definition) is 6. The zero-order valence-electron chi connectivity index (χ0n) is 17.1. The molecule has 1 amide bonds. The van der Waals surface area contributed by atoms with Crippen molar-refractivity contribution in [1.29, 1.82) is 0 Å². The van der Waals surface area contributed by atoms with Crippen LogP contribution in [0, 0.1) is 0 Å². The van der Waals surface area contributed by atoms with E-state index in [4.69, 9.17) is 19.9 Å². The van der Waals surface area contributed by atoms with Crippen molar-refractivity contribution in [2.75, 3.05) is 20.8 Å². The fraction of sp³-hybridized carbons (Fsp3) is 0.318. The Morgan fingerprint density at radius 1 is 1.17 bits per heavy atom. The van der Waals surface area contributed by atoms with Gasteiger partial charge in [0, 0.05) is 25.8 Å². The summed E-state index contributed by atoms with van der Waals surface area (Å²) in [6.07, 6.45) is 2.50. The van der Waals surface area contributed by atoms with Crippen molar-refractivity contribution in [1.82, 2.24) is 10.6 Å². The van der Waals surface area contributed by atoms with Gasteiger partial charge in [-0.05, 0) is 36.9 Å². The lowest BCUT2D eigenvalue weighted by molar-refractivity contribution is 0.0906. The second-order valence-electron chi connectivity index (χ2n) is 6.50. The van der Waals surface area contributed by atoms with Crippen LogP contribution in [0.2, 0.25) is 0 Å². The van der Waals surface area contributed by atoms with Gasteiger partial charge in [0.1, 0.15) is 24.2 Å². The van der Waals surface area contributed by atoms with Crippen LogP contribution in [0.15, 0.2) is 60.8 Å². The topological polar surface area (TPSA) is 94.8 Å². The summed E-state index contributed by atoms with van der Waals surface area (Å²) in [7, 11) is 3.36. The third-order valence-corrected chi connectivity index (χ3v) is 3.90. The molecule has 156 valence electrons. The molecule has 0 aliphatic heterocycles. The molecule has 0 saturated heterocycles. The summed E-state index contributed by atoms with van der Waals surface area (Å²) in [4.78, 5) is 12.6. The SMILES string of the molecule is CN/C=C\C(N)NC(=O)c1cc(OCc2ccccc2)cc(O[C@@H](C)COC)c1. The predicted octanol–water partition coefficient (Wildman–Crippen LogP) is 2.43. The molecule has 0 saturated carbocycles. The molecule has 29 heavy (non-hydrogen) atoms. The van der Waals surface area contributed by atoms with Crippen molar-refractivity contribution in [2.24, 2.45) is 5.73 Å². The van der Waals surface area contributed by atoms with E-state index in [1.807, 2.05) is 37.3 Å². The molecule has 0 spiro atoms. The van der Waals surface area contributed by atoms with Gasteiger partial charge in [0.05, 0.1) is 12.8 Å². The number of ether oxygens (including phenoxy) is 3. The van der Waals surface area contributed by atoms with Gasteiger partial charge in [0.2, 0.25) is 0 Å². The first kappa shape index (κ1) is 22.3. The molecule has 0 radical (unpaired) electrons. The zero-order chi connectivity index (χ0) is 21.1. The Morgan fingerprint density at radius 3 is 2.59 bits per heavy atom. The van der Waals surface area contributed by atoms with Crippen LogP contribution >= 0.6 is 0 Å². The van der Waals surface area contributed by atoms with Crippen LogP contribution in [0.3, 0.4) is 0 Å². The first-order valence-corrected chi connectivity index (χ1v) is 9.39. The van der Waals surface area contributed by atoms with E-state index >= 15 is 0 Å². The number of benzene rings is 2. The van der Waals surface area contributed by atoms with Gasteiger partial charge in [-0.2, -0.15) is 0 Å².